The summed E-state index contributed by atoms with van der Waals surface area (Å²) >= 11 is 0. The molecule has 0 heterocycles. The summed E-state index contributed by atoms with van der Waals surface area (Å²) < 4.78 is 5.33. The van der Waals surface area contributed by atoms with Gasteiger partial charge < -0.3 is 15.8 Å². The molecule has 0 aromatic heterocycles. The highest BCUT2D eigenvalue weighted by molar-refractivity contribution is 5.94. The van der Waals surface area contributed by atoms with Crippen molar-refractivity contribution in [3.63, 3.8) is 0 Å². The van der Waals surface area contributed by atoms with Gasteiger partial charge in [-0.2, -0.15) is 0 Å². The van der Waals surface area contributed by atoms with Crippen LogP contribution in [0.3, 0.4) is 0 Å². The highest BCUT2D eigenvalue weighted by Crippen LogP contribution is 2.09. The van der Waals surface area contributed by atoms with E-state index in [1.54, 1.807) is 24.3 Å². The molecule has 0 atom stereocenters. The predicted octanol–water partition coefficient (Wildman–Crippen LogP) is 1.79. The third kappa shape index (κ3) is 6.01. The highest BCUT2D eigenvalue weighted by Gasteiger charge is 2.04. The van der Waals surface area contributed by atoms with Gasteiger partial charge in [0.15, 0.2) is 0 Å². The van der Waals surface area contributed by atoms with E-state index in [1.165, 1.54) is 0 Å². The lowest BCUT2D eigenvalue weighted by Gasteiger charge is -2.08. The predicted molar refractivity (Wildman–Crippen MR) is 73.9 cm³/mol. The molecule has 0 saturated carbocycles. The first kappa shape index (κ1) is 15.2. The van der Waals surface area contributed by atoms with Crippen molar-refractivity contribution in [2.75, 3.05) is 18.5 Å². The molecule has 0 aliphatic carbocycles. The lowest BCUT2D eigenvalue weighted by Crippen LogP contribution is -2.15. The Kier molecular flexibility index (Phi) is 6.02. The number of nitrogens with two attached hydrogens (primary N) is 1. The minimum atomic E-state index is -0.486. The number of carbonyl (C=O) groups excluding carboxylic acids is 2. The second-order valence-corrected chi connectivity index (χ2v) is 4.71. The third-order valence-electron chi connectivity index (χ3n) is 2.38. The molecule has 0 aliphatic heterocycles. The molecule has 0 spiro atoms. The maximum atomic E-state index is 11.6. The van der Waals surface area contributed by atoms with Crippen molar-refractivity contribution in [1.29, 1.82) is 0 Å². The molecule has 0 aliphatic rings. The number of hydrogen-bond donors (Lipinski definition) is 2. The SMILES string of the molecule is CC(C)COCCC(=O)Nc1ccc(C(N)=O)cc1. The molecule has 0 bridgehead atoms. The van der Waals surface area contributed by atoms with Crippen molar-refractivity contribution in [3.05, 3.63) is 29.8 Å². The Morgan fingerprint density at radius 3 is 2.42 bits per heavy atom. The fraction of sp³-hybridized carbons (Fsp3) is 0.429. The average molecular weight is 264 g/mol. The van der Waals surface area contributed by atoms with Gasteiger partial charge in [-0.1, -0.05) is 13.8 Å². The van der Waals surface area contributed by atoms with Crippen LogP contribution in [0.4, 0.5) is 5.69 Å². The van der Waals surface area contributed by atoms with Crippen LogP contribution in [0.1, 0.15) is 30.6 Å². The summed E-state index contributed by atoms with van der Waals surface area (Å²) in [5.74, 6) is -0.139. The molecular formula is C14H20N2O3. The maximum Gasteiger partial charge on any atom is 0.248 e. The quantitative estimate of drug-likeness (QED) is 0.737. The van der Waals surface area contributed by atoms with Crippen LogP contribution < -0.4 is 11.1 Å². The Hall–Kier alpha value is -1.88. The van der Waals surface area contributed by atoms with Gasteiger partial charge in [0.1, 0.15) is 0 Å². The number of primary amides is 1. The van der Waals surface area contributed by atoms with E-state index in [9.17, 15) is 9.59 Å². The number of carbonyl (C=O) groups is 2. The summed E-state index contributed by atoms with van der Waals surface area (Å²) in [6.07, 6.45) is 0.310. The van der Waals surface area contributed by atoms with E-state index < -0.39 is 5.91 Å². The van der Waals surface area contributed by atoms with Gasteiger partial charge in [-0.3, -0.25) is 9.59 Å². The van der Waals surface area contributed by atoms with Gasteiger partial charge in [0.25, 0.3) is 0 Å². The second-order valence-electron chi connectivity index (χ2n) is 4.71. The molecule has 0 fully saturated rings. The molecule has 0 saturated heterocycles. The number of nitrogens with one attached hydrogen (secondary N) is 1. The van der Waals surface area contributed by atoms with Crippen molar-refractivity contribution in [2.45, 2.75) is 20.3 Å². The van der Waals surface area contributed by atoms with E-state index in [0.29, 0.717) is 36.8 Å². The molecule has 0 radical (unpaired) electrons. The topological polar surface area (TPSA) is 81.4 Å². The van der Waals surface area contributed by atoms with E-state index in [0.717, 1.165) is 0 Å². The van der Waals surface area contributed by atoms with Crippen LogP contribution in [0, 0.1) is 5.92 Å². The van der Waals surface area contributed by atoms with Crippen LogP contribution in [-0.4, -0.2) is 25.0 Å². The Morgan fingerprint density at radius 1 is 1.26 bits per heavy atom. The van der Waals surface area contributed by atoms with E-state index in [1.807, 2.05) is 0 Å². The Bertz CT molecular complexity index is 427. The number of benzene rings is 1. The third-order valence-corrected chi connectivity index (χ3v) is 2.38. The molecule has 1 rings (SSSR count). The molecule has 2 amide bonds. The number of ether oxygens (including phenoxy) is 1. The number of amides is 2. The van der Waals surface area contributed by atoms with Crippen LogP contribution in [0.2, 0.25) is 0 Å². The maximum absolute atomic E-state index is 11.6. The monoisotopic (exact) mass is 264 g/mol. The van der Waals surface area contributed by atoms with Gasteiger partial charge in [0.2, 0.25) is 11.8 Å². The molecular weight excluding hydrogens is 244 g/mol. The number of rotatable bonds is 7. The Balaban J connectivity index is 2.34. The van der Waals surface area contributed by atoms with Gasteiger partial charge in [-0.25, -0.2) is 0 Å². The van der Waals surface area contributed by atoms with Crippen LogP contribution in [0.5, 0.6) is 0 Å². The van der Waals surface area contributed by atoms with Gasteiger partial charge in [-0.15, -0.1) is 0 Å². The van der Waals surface area contributed by atoms with E-state index in [4.69, 9.17) is 10.5 Å². The van der Waals surface area contributed by atoms with E-state index in [-0.39, 0.29) is 5.91 Å². The van der Waals surface area contributed by atoms with Crippen molar-refractivity contribution in [3.8, 4) is 0 Å². The lowest BCUT2D eigenvalue weighted by atomic mass is 10.2. The Morgan fingerprint density at radius 2 is 1.89 bits per heavy atom. The van der Waals surface area contributed by atoms with Gasteiger partial charge >= 0.3 is 0 Å². The molecule has 1 aromatic rings. The summed E-state index contributed by atoms with van der Waals surface area (Å²) in [7, 11) is 0. The molecule has 3 N–H and O–H groups in total. The summed E-state index contributed by atoms with van der Waals surface area (Å²) in [5.41, 5.74) is 6.18. The first-order valence-electron chi connectivity index (χ1n) is 6.26. The minimum Gasteiger partial charge on any atom is -0.381 e. The second kappa shape index (κ2) is 7.53. The molecule has 104 valence electrons. The van der Waals surface area contributed by atoms with Crippen molar-refractivity contribution in [1.82, 2.24) is 0 Å². The minimum absolute atomic E-state index is 0.115. The highest BCUT2D eigenvalue weighted by atomic mass is 16.5. The zero-order valence-electron chi connectivity index (χ0n) is 11.3. The van der Waals surface area contributed by atoms with Gasteiger partial charge in [0.05, 0.1) is 13.0 Å². The van der Waals surface area contributed by atoms with Crippen molar-refractivity contribution >= 4 is 17.5 Å². The van der Waals surface area contributed by atoms with Crippen LogP contribution in [0.15, 0.2) is 24.3 Å². The van der Waals surface area contributed by atoms with Crippen LogP contribution >= 0.6 is 0 Å². The fourth-order valence-electron chi connectivity index (χ4n) is 1.43. The standard InChI is InChI=1S/C14H20N2O3/c1-10(2)9-19-8-7-13(17)16-12-5-3-11(4-6-12)14(15)18/h3-6,10H,7-9H2,1-2H3,(H2,15,18)(H,16,17). The van der Waals surface area contributed by atoms with Crippen molar-refractivity contribution < 1.29 is 14.3 Å². The zero-order valence-corrected chi connectivity index (χ0v) is 11.3. The normalized spacial score (nSPS) is 10.5. The summed E-state index contributed by atoms with van der Waals surface area (Å²) in [6, 6.07) is 6.44. The van der Waals surface area contributed by atoms with Crippen LogP contribution in [0.25, 0.3) is 0 Å². The molecule has 1 aromatic carbocycles. The number of hydrogen-bond acceptors (Lipinski definition) is 3. The smallest absolute Gasteiger partial charge is 0.248 e. The summed E-state index contributed by atoms with van der Waals surface area (Å²) in [6.45, 7) is 5.17. The fourth-order valence-corrected chi connectivity index (χ4v) is 1.43. The molecule has 0 unspecified atom stereocenters. The van der Waals surface area contributed by atoms with E-state index in [2.05, 4.69) is 19.2 Å². The summed E-state index contributed by atoms with van der Waals surface area (Å²) in [4.78, 5) is 22.5. The van der Waals surface area contributed by atoms with Gasteiger partial charge in [-0.05, 0) is 30.2 Å². The largest absolute Gasteiger partial charge is 0.381 e. The zero-order chi connectivity index (χ0) is 14.3. The van der Waals surface area contributed by atoms with E-state index >= 15 is 0 Å². The first-order valence-corrected chi connectivity index (χ1v) is 6.26. The number of anilines is 1. The molecule has 19 heavy (non-hydrogen) atoms. The van der Waals surface area contributed by atoms with Crippen molar-refractivity contribution in [2.24, 2.45) is 11.7 Å². The van der Waals surface area contributed by atoms with Gasteiger partial charge in [0, 0.05) is 17.9 Å². The van der Waals surface area contributed by atoms with Crippen LogP contribution in [-0.2, 0) is 9.53 Å². The first-order chi connectivity index (χ1) is 8.99. The lowest BCUT2D eigenvalue weighted by molar-refractivity contribution is -0.117. The molecule has 5 heteroatoms. The molecule has 5 nitrogen and oxygen atoms in total. The Labute approximate surface area is 113 Å². The summed E-state index contributed by atoms with van der Waals surface area (Å²) in [5, 5.41) is 2.73. The average Bonchev–Trinajstić information content (AvgIpc) is 2.35.